The minimum atomic E-state index is -1.12. The lowest BCUT2D eigenvalue weighted by atomic mass is 9.92. The fraction of sp³-hybridized carbons (Fsp3) is 0.500. The summed E-state index contributed by atoms with van der Waals surface area (Å²) in [4.78, 5) is 15.6. The fourth-order valence-corrected chi connectivity index (χ4v) is 2.49. The van der Waals surface area contributed by atoms with Crippen molar-refractivity contribution in [2.45, 2.75) is 52.1 Å². The molecule has 3 N–H and O–H groups in total. The summed E-state index contributed by atoms with van der Waals surface area (Å²) < 4.78 is 2.07. The van der Waals surface area contributed by atoms with Crippen molar-refractivity contribution in [3.8, 4) is 0 Å². The topological polar surface area (TPSA) is 81.1 Å². The van der Waals surface area contributed by atoms with Crippen molar-refractivity contribution in [2.24, 2.45) is 5.73 Å². The predicted octanol–water partition coefficient (Wildman–Crippen LogP) is 2.63. The Bertz CT molecular complexity index is 663. The van der Waals surface area contributed by atoms with Gasteiger partial charge in [0.2, 0.25) is 0 Å². The first-order valence-corrected chi connectivity index (χ1v) is 7.32. The Morgan fingerprint density at radius 2 is 2.05 bits per heavy atom. The van der Waals surface area contributed by atoms with Crippen molar-refractivity contribution in [3.05, 3.63) is 29.6 Å². The molecule has 114 valence electrons. The Kier molecular flexibility index (Phi) is 4.32. The summed E-state index contributed by atoms with van der Waals surface area (Å²) in [6.07, 6.45) is 3.43. The van der Waals surface area contributed by atoms with Crippen LogP contribution in [0.1, 0.15) is 37.3 Å². The summed E-state index contributed by atoms with van der Waals surface area (Å²) >= 11 is 0. The molecule has 2 rings (SSSR count). The molecule has 1 unspecified atom stereocenters. The Morgan fingerprint density at radius 3 is 2.67 bits per heavy atom. The maximum atomic E-state index is 11.2. The van der Waals surface area contributed by atoms with Crippen LogP contribution in [0.2, 0.25) is 0 Å². The number of rotatable bonds is 6. The van der Waals surface area contributed by atoms with Gasteiger partial charge in [0, 0.05) is 6.54 Å². The number of benzene rings is 1. The number of imidazole rings is 1. The van der Waals surface area contributed by atoms with Crippen LogP contribution in [0.4, 0.5) is 0 Å². The molecular formula is C16H23N3O2. The van der Waals surface area contributed by atoms with Crippen molar-refractivity contribution in [1.29, 1.82) is 0 Å². The lowest BCUT2D eigenvalue weighted by molar-refractivity contribution is -0.143. The third-order valence-corrected chi connectivity index (χ3v) is 4.32. The Hall–Kier alpha value is -1.88. The van der Waals surface area contributed by atoms with Crippen LogP contribution in [-0.4, -0.2) is 26.2 Å². The Balaban J connectivity index is 2.11. The zero-order valence-electron chi connectivity index (χ0n) is 12.9. The van der Waals surface area contributed by atoms with E-state index in [1.165, 1.54) is 11.1 Å². The van der Waals surface area contributed by atoms with Crippen molar-refractivity contribution in [1.82, 2.24) is 9.55 Å². The van der Waals surface area contributed by atoms with E-state index < -0.39 is 11.5 Å². The van der Waals surface area contributed by atoms with Gasteiger partial charge in [0.05, 0.1) is 17.4 Å². The molecule has 5 heteroatoms. The summed E-state index contributed by atoms with van der Waals surface area (Å²) in [6, 6.07) is 4.21. The van der Waals surface area contributed by atoms with Gasteiger partial charge in [0.15, 0.2) is 0 Å². The van der Waals surface area contributed by atoms with E-state index in [4.69, 9.17) is 5.73 Å². The molecule has 2 aromatic rings. The van der Waals surface area contributed by atoms with Crippen LogP contribution in [-0.2, 0) is 11.3 Å². The number of fused-ring (bicyclic) bond motifs is 1. The second-order valence-electron chi connectivity index (χ2n) is 5.78. The molecule has 1 aromatic heterocycles. The highest BCUT2D eigenvalue weighted by molar-refractivity contribution is 5.78. The molecule has 1 aromatic carbocycles. The van der Waals surface area contributed by atoms with Crippen LogP contribution >= 0.6 is 0 Å². The van der Waals surface area contributed by atoms with E-state index in [2.05, 4.69) is 35.5 Å². The summed E-state index contributed by atoms with van der Waals surface area (Å²) in [7, 11) is 0. The zero-order valence-corrected chi connectivity index (χ0v) is 12.9. The zero-order chi connectivity index (χ0) is 15.6. The first-order chi connectivity index (χ1) is 9.87. The minimum Gasteiger partial charge on any atom is -0.480 e. The van der Waals surface area contributed by atoms with Gasteiger partial charge < -0.3 is 15.4 Å². The molecule has 5 nitrogen and oxygen atoms in total. The second kappa shape index (κ2) is 5.85. The van der Waals surface area contributed by atoms with E-state index in [0.29, 0.717) is 12.8 Å². The second-order valence-corrected chi connectivity index (χ2v) is 5.78. The Labute approximate surface area is 124 Å². The van der Waals surface area contributed by atoms with Gasteiger partial charge in [-0.1, -0.05) is 6.92 Å². The highest BCUT2D eigenvalue weighted by atomic mass is 16.4. The van der Waals surface area contributed by atoms with Gasteiger partial charge in [0.1, 0.15) is 5.54 Å². The summed E-state index contributed by atoms with van der Waals surface area (Å²) in [6.45, 7) is 6.70. The number of hydrogen-bond donors (Lipinski definition) is 2. The largest absolute Gasteiger partial charge is 0.480 e. The molecular weight excluding hydrogens is 266 g/mol. The maximum Gasteiger partial charge on any atom is 0.323 e. The first kappa shape index (κ1) is 15.5. The monoisotopic (exact) mass is 289 g/mol. The van der Waals surface area contributed by atoms with Crippen LogP contribution in [0.3, 0.4) is 0 Å². The van der Waals surface area contributed by atoms with Gasteiger partial charge in [-0.05, 0) is 56.4 Å². The summed E-state index contributed by atoms with van der Waals surface area (Å²) in [5.41, 5.74) is 9.32. The smallest absolute Gasteiger partial charge is 0.323 e. The van der Waals surface area contributed by atoms with Gasteiger partial charge in [-0.2, -0.15) is 0 Å². The lowest BCUT2D eigenvalue weighted by Crippen LogP contribution is -2.47. The molecule has 0 amide bonds. The van der Waals surface area contributed by atoms with E-state index in [1.54, 1.807) is 0 Å². The molecule has 1 atom stereocenters. The van der Waals surface area contributed by atoms with E-state index in [0.717, 1.165) is 24.0 Å². The molecule has 0 aliphatic rings. The Morgan fingerprint density at radius 1 is 1.38 bits per heavy atom. The van der Waals surface area contributed by atoms with Gasteiger partial charge >= 0.3 is 5.97 Å². The molecule has 1 heterocycles. The molecule has 0 saturated heterocycles. The van der Waals surface area contributed by atoms with Crippen molar-refractivity contribution in [3.63, 3.8) is 0 Å². The molecule has 0 spiro atoms. The number of hydrogen-bond acceptors (Lipinski definition) is 3. The molecule has 0 aliphatic carbocycles. The summed E-state index contributed by atoms with van der Waals surface area (Å²) in [5.74, 6) is -0.924. The quantitative estimate of drug-likeness (QED) is 0.856. The number of aliphatic carboxylic acids is 1. The van der Waals surface area contributed by atoms with E-state index in [9.17, 15) is 9.90 Å². The average molecular weight is 289 g/mol. The molecule has 0 fully saturated rings. The lowest BCUT2D eigenvalue weighted by Gasteiger charge is -2.22. The number of aryl methyl sites for hydroxylation is 3. The number of nitrogens with zero attached hydrogens (tertiary/aromatic N) is 2. The minimum absolute atomic E-state index is 0.436. The SMILES string of the molecule is CCC(N)(CCCn1cnc2cc(C)c(C)cc21)C(=O)O. The third-order valence-electron chi connectivity index (χ3n) is 4.32. The summed E-state index contributed by atoms with van der Waals surface area (Å²) in [5, 5.41) is 9.18. The maximum absolute atomic E-state index is 11.2. The number of nitrogens with two attached hydrogens (primary N) is 1. The van der Waals surface area contributed by atoms with Gasteiger partial charge in [-0.15, -0.1) is 0 Å². The van der Waals surface area contributed by atoms with E-state index >= 15 is 0 Å². The first-order valence-electron chi connectivity index (χ1n) is 7.32. The standard InChI is InChI=1S/C16H23N3O2/c1-4-16(17,15(20)21)6-5-7-19-10-18-13-8-11(2)12(3)9-14(13)19/h8-10H,4-7,17H2,1-3H3,(H,20,21). The number of carbonyl (C=O) groups is 1. The number of carboxylic acid groups (broad SMARTS) is 1. The highest BCUT2D eigenvalue weighted by Crippen LogP contribution is 2.20. The van der Waals surface area contributed by atoms with Crippen molar-refractivity contribution in [2.75, 3.05) is 0 Å². The van der Waals surface area contributed by atoms with Gasteiger partial charge in [-0.25, -0.2) is 4.98 Å². The number of aromatic nitrogens is 2. The average Bonchev–Trinajstić information content (AvgIpc) is 2.81. The van der Waals surface area contributed by atoms with Gasteiger partial charge in [0.25, 0.3) is 0 Å². The van der Waals surface area contributed by atoms with Crippen LogP contribution in [0.5, 0.6) is 0 Å². The highest BCUT2D eigenvalue weighted by Gasteiger charge is 2.30. The normalized spacial score (nSPS) is 14.3. The van der Waals surface area contributed by atoms with E-state index in [1.807, 2.05) is 13.3 Å². The van der Waals surface area contributed by atoms with Crippen molar-refractivity contribution < 1.29 is 9.90 Å². The van der Waals surface area contributed by atoms with Crippen LogP contribution in [0.25, 0.3) is 11.0 Å². The third kappa shape index (κ3) is 3.08. The van der Waals surface area contributed by atoms with Crippen molar-refractivity contribution >= 4 is 17.0 Å². The van der Waals surface area contributed by atoms with Gasteiger partial charge in [-0.3, -0.25) is 4.79 Å². The molecule has 0 bridgehead atoms. The molecule has 0 radical (unpaired) electrons. The molecule has 0 saturated carbocycles. The van der Waals surface area contributed by atoms with Crippen LogP contribution in [0.15, 0.2) is 18.5 Å². The van der Waals surface area contributed by atoms with Crippen LogP contribution in [0, 0.1) is 13.8 Å². The molecule has 0 aliphatic heterocycles. The fourth-order valence-electron chi connectivity index (χ4n) is 2.49. The number of carboxylic acids is 1. The van der Waals surface area contributed by atoms with Crippen LogP contribution < -0.4 is 5.73 Å². The van der Waals surface area contributed by atoms with E-state index in [-0.39, 0.29) is 0 Å². The molecule has 21 heavy (non-hydrogen) atoms. The predicted molar refractivity (Wildman–Crippen MR) is 83.3 cm³/mol.